The lowest BCUT2D eigenvalue weighted by Gasteiger charge is -2.26. The van der Waals surface area contributed by atoms with Gasteiger partial charge in [-0.25, -0.2) is 4.98 Å². The molecule has 0 radical (unpaired) electrons. The lowest BCUT2D eigenvalue weighted by atomic mass is 10.1. The van der Waals surface area contributed by atoms with E-state index in [9.17, 15) is 4.79 Å². The van der Waals surface area contributed by atoms with Crippen LogP contribution in [0.25, 0.3) is 11.2 Å². The fourth-order valence-corrected chi connectivity index (χ4v) is 2.48. The predicted molar refractivity (Wildman–Crippen MR) is 70.0 cm³/mol. The van der Waals surface area contributed by atoms with Gasteiger partial charge in [0.05, 0.1) is 5.69 Å². The first kappa shape index (κ1) is 11.3. The molecule has 96 valence electrons. The fourth-order valence-electron chi connectivity index (χ4n) is 2.48. The van der Waals surface area contributed by atoms with Crippen molar-refractivity contribution in [3.8, 4) is 0 Å². The van der Waals surface area contributed by atoms with E-state index >= 15 is 0 Å². The third kappa shape index (κ3) is 1.77. The number of hydrogen-bond donors (Lipinski definition) is 2. The SMILES string of the molecule is CCc1n[nH]c2nc(N3CCCCC3)c(=O)[nH]c12. The normalized spacial score (nSPS) is 16.4. The molecule has 2 aromatic rings. The quantitative estimate of drug-likeness (QED) is 0.836. The highest BCUT2D eigenvalue weighted by Crippen LogP contribution is 2.17. The highest BCUT2D eigenvalue weighted by molar-refractivity contribution is 5.74. The summed E-state index contributed by atoms with van der Waals surface area (Å²) in [4.78, 5) is 21.5. The van der Waals surface area contributed by atoms with Crippen LogP contribution in [0.3, 0.4) is 0 Å². The minimum Gasteiger partial charge on any atom is -0.352 e. The Morgan fingerprint density at radius 3 is 2.78 bits per heavy atom. The van der Waals surface area contributed by atoms with E-state index in [0.29, 0.717) is 11.5 Å². The molecule has 18 heavy (non-hydrogen) atoms. The van der Waals surface area contributed by atoms with Crippen molar-refractivity contribution in [1.82, 2.24) is 20.2 Å². The molecule has 1 saturated heterocycles. The van der Waals surface area contributed by atoms with Gasteiger partial charge in [0.15, 0.2) is 11.5 Å². The van der Waals surface area contributed by atoms with Gasteiger partial charge in [0.2, 0.25) is 0 Å². The molecule has 2 N–H and O–H groups in total. The Kier molecular flexibility index (Phi) is 2.77. The summed E-state index contributed by atoms with van der Waals surface area (Å²) < 4.78 is 0. The molecule has 0 saturated carbocycles. The summed E-state index contributed by atoms with van der Waals surface area (Å²) >= 11 is 0. The van der Waals surface area contributed by atoms with Crippen molar-refractivity contribution in [3.63, 3.8) is 0 Å². The van der Waals surface area contributed by atoms with Crippen LogP contribution in [0.1, 0.15) is 31.9 Å². The molecule has 1 aliphatic heterocycles. The van der Waals surface area contributed by atoms with E-state index < -0.39 is 0 Å². The van der Waals surface area contributed by atoms with Crippen LogP contribution in [0.5, 0.6) is 0 Å². The molecular weight excluding hydrogens is 230 g/mol. The zero-order valence-corrected chi connectivity index (χ0v) is 10.5. The van der Waals surface area contributed by atoms with Crippen LogP contribution in [-0.4, -0.2) is 33.3 Å². The second kappa shape index (κ2) is 4.44. The van der Waals surface area contributed by atoms with Gasteiger partial charge in [-0.15, -0.1) is 0 Å². The Hall–Kier alpha value is -1.85. The van der Waals surface area contributed by atoms with Crippen molar-refractivity contribution >= 4 is 17.0 Å². The number of aromatic nitrogens is 4. The number of aromatic amines is 2. The maximum atomic E-state index is 12.1. The van der Waals surface area contributed by atoms with Gasteiger partial charge in [0.25, 0.3) is 5.56 Å². The molecule has 3 rings (SSSR count). The van der Waals surface area contributed by atoms with E-state index in [0.717, 1.165) is 43.6 Å². The van der Waals surface area contributed by atoms with Crippen LogP contribution in [0.2, 0.25) is 0 Å². The number of rotatable bonds is 2. The molecule has 0 bridgehead atoms. The largest absolute Gasteiger partial charge is 0.352 e. The number of nitrogens with zero attached hydrogens (tertiary/aromatic N) is 3. The second-order valence-corrected chi connectivity index (χ2v) is 4.68. The fraction of sp³-hybridized carbons (Fsp3) is 0.583. The number of nitrogens with one attached hydrogen (secondary N) is 2. The van der Waals surface area contributed by atoms with Crippen LogP contribution < -0.4 is 10.5 Å². The number of aryl methyl sites for hydroxylation is 1. The molecule has 2 aromatic heterocycles. The third-order valence-electron chi connectivity index (χ3n) is 3.47. The molecular formula is C12H17N5O. The first-order valence-electron chi connectivity index (χ1n) is 6.52. The van der Waals surface area contributed by atoms with Crippen molar-refractivity contribution in [2.24, 2.45) is 0 Å². The van der Waals surface area contributed by atoms with Gasteiger partial charge in [-0.3, -0.25) is 9.89 Å². The van der Waals surface area contributed by atoms with E-state index in [1.54, 1.807) is 0 Å². The Bertz CT molecular complexity index is 608. The maximum Gasteiger partial charge on any atom is 0.291 e. The lowest BCUT2D eigenvalue weighted by molar-refractivity contribution is 0.572. The summed E-state index contributed by atoms with van der Waals surface area (Å²) in [6.07, 6.45) is 4.27. The molecule has 0 unspecified atom stereocenters. The Labute approximate surface area is 104 Å². The van der Waals surface area contributed by atoms with Crippen molar-refractivity contribution in [1.29, 1.82) is 0 Å². The van der Waals surface area contributed by atoms with Gasteiger partial charge in [-0.1, -0.05) is 6.92 Å². The first-order valence-corrected chi connectivity index (χ1v) is 6.52. The maximum absolute atomic E-state index is 12.1. The van der Waals surface area contributed by atoms with Crippen molar-refractivity contribution in [3.05, 3.63) is 16.0 Å². The summed E-state index contributed by atoms with van der Waals surface area (Å²) in [6.45, 7) is 3.83. The van der Waals surface area contributed by atoms with Crippen molar-refractivity contribution in [2.45, 2.75) is 32.6 Å². The van der Waals surface area contributed by atoms with Crippen molar-refractivity contribution in [2.75, 3.05) is 18.0 Å². The number of hydrogen-bond acceptors (Lipinski definition) is 4. The standard InChI is InChI=1S/C12H17N5O/c1-2-8-9-10(16-15-8)14-11(12(18)13-9)17-6-4-3-5-7-17/h2-7H2,1H3,(H,13,18)(H,14,15,16). The van der Waals surface area contributed by atoms with Crippen LogP contribution in [0, 0.1) is 0 Å². The van der Waals surface area contributed by atoms with Crippen molar-refractivity contribution < 1.29 is 0 Å². The topological polar surface area (TPSA) is 77.7 Å². The van der Waals surface area contributed by atoms with E-state index in [4.69, 9.17) is 0 Å². The Morgan fingerprint density at radius 1 is 1.28 bits per heavy atom. The zero-order valence-electron chi connectivity index (χ0n) is 10.5. The van der Waals surface area contributed by atoms with E-state index in [-0.39, 0.29) is 5.56 Å². The molecule has 0 atom stereocenters. The van der Waals surface area contributed by atoms with Gasteiger partial charge in [0.1, 0.15) is 5.52 Å². The van der Waals surface area contributed by atoms with Gasteiger partial charge in [-0.05, 0) is 25.7 Å². The molecule has 1 fully saturated rings. The average molecular weight is 247 g/mol. The number of fused-ring (bicyclic) bond motifs is 1. The molecule has 6 nitrogen and oxygen atoms in total. The smallest absolute Gasteiger partial charge is 0.291 e. The molecule has 0 spiro atoms. The van der Waals surface area contributed by atoms with Crippen LogP contribution >= 0.6 is 0 Å². The highest BCUT2D eigenvalue weighted by Gasteiger charge is 2.17. The zero-order chi connectivity index (χ0) is 12.5. The van der Waals surface area contributed by atoms with Crippen LogP contribution in [0.4, 0.5) is 5.82 Å². The Morgan fingerprint density at radius 2 is 2.06 bits per heavy atom. The van der Waals surface area contributed by atoms with Gasteiger partial charge in [0, 0.05) is 13.1 Å². The van der Waals surface area contributed by atoms with E-state index in [1.807, 2.05) is 6.92 Å². The highest BCUT2D eigenvalue weighted by atomic mass is 16.1. The minimum absolute atomic E-state index is 0.111. The molecule has 1 aliphatic rings. The second-order valence-electron chi connectivity index (χ2n) is 4.68. The monoisotopic (exact) mass is 247 g/mol. The van der Waals surface area contributed by atoms with E-state index in [2.05, 4.69) is 25.1 Å². The third-order valence-corrected chi connectivity index (χ3v) is 3.47. The predicted octanol–water partition coefficient (Wildman–Crippen LogP) is 1.20. The summed E-state index contributed by atoms with van der Waals surface area (Å²) in [5, 5.41) is 7.05. The molecule has 0 aromatic carbocycles. The van der Waals surface area contributed by atoms with Crippen LogP contribution in [0.15, 0.2) is 4.79 Å². The molecule has 0 aliphatic carbocycles. The average Bonchev–Trinajstić information content (AvgIpc) is 2.80. The lowest BCUT2D eigenvalue weighted by Crippen LogP contribution is -2.34. The van der Waals surface area contributed by atoms with E-state index in [1.165, 1.54) is 6.42 Å². The minimum atomic E-state index is -0.111. The number of anilines is 1. The van der Waals surface area contributed by atoms with Gasteiger partial charge in [-0.2, -0.15) is 5.10 Å². The molecule has 6 heteroatoms. The summed E-state index contributed by atoms with van der Waals surface area (Å²) in [5.74, 6) is 0.522. The number of piperidine rings is 1. The molecule has 3 heterocycles. The summed E-state index contributed by atoms with van der Waals surface area (Å²) in [7, 11) is 0. The molecule has 0 amide bonds. The van der Waals surface area contributed by atoms with Gasteiger partial charge < -0.3 is 9.88 Å². The number of H-pyrrole nitrogens is 2. The van der Waals surface area contributed by atoms with Gasteiger partial charge >= 0.3 is 0 Å². The first-order chi connectivity index (χ1) is 8.79. The van der Waals surface area contributed by atoms with Crippen LogP contribution in [-0.2, 0) is 6.42 Å². The Balaban J connectivity index is 2.07. The summed E-state index contributed by atoms with van der Waals surface area (Å²) in [6, 6.07) is 0. The summed E-state index contributed by atoms with van der Waals surface area (Å²) in [5.41, 5.74) is 2.16.